The predicted molar refractivity (Wildman–Crippen MR) is 97.6 cm³/mol. The maximum Gasteiger partial charge on any atom is 0.226 e. The lowest BCUT2D eigenvalue weighted by atomic mass is 9.93. The number of ether oxygens (including phenoxy) is 2. The number of fused-ring (bicyclic) bond motifs is 1. The van der Waals surface area contributed by atoms with Crippen LogP contribution in [0.2, 0.25) is 5.28 Å². The second-order valence-corrected chi connectivity index (χ2v) is 7.27. The first-order chi connectivity index (χ1) is 12.5. The number of rotatable bonds is 3. The van der Waals surface area contributed by atoms with Crippen molar-refractivity contribution < 1.29 is 14.6 Å². The number of morpholine rings is 1. The molecule has 2 fully saturated rings. The fourth-order valence-electron chi connectivity index (χ4n) is 3.79. The minimum absolute atomic E-state index is 0.166. The number of hydrogen-bond acceptors (Lipinski definition) is 7. The maximum atomic E-state index is 11.2. The highest BCUT2D eigenvalue weighted by Crippen LogP contribution is 2.36. The quantitative estimate of drug-likeness (QED) is 0.810. The molecule has 0 spiro atoms. The second kappa shape index (κ2) is 6.92. The number of anilines is 1. The Bertz CT molecular complexity index is 805. The summed E-state index contributed by atoms with van der Waals surface area (Å²) in [5.74, 6) is 1.33. The molecule has 1 atom stereocenters. The molecule has 2 aromatic rings. The lowest BCUT2D eigenvalue weighted by Gasteiger charge is -2.34. The van der Waals surface area contributed by atoms with Crippen molar-refractivity contribution in [2.24, 2.45) is 0 Å². The van der Waals surface area contributed by atoms with Crippen molar-refractivity contribution in [1.82, 2.24) is 19.5 Å². The number of aliphatic hydroxyl groups is 1. The summed E-state index contributed by atoms with van der Waals surface area (Å²) in [7, 11) is 0. The molecule has 0 unspecified atom stereocenters. The lowest BCUT2D eigenvalue weighted by Crippen LogP contribution is -2.44. The van der Waals surface area contributed by atoms with Gasteiger partial charge in [0.2, 0.25) is 5.28 Å². The van der Waals surface area contributed by atoms with Gasteiger partial charge >= 0.3 is 0 Å². The molecule has 8 nitrogen and oxygen atoms in total. The van der Waals surface area contributed by atoms with Crippen molar-refractivity contribution >= 4 is 28.6 Å². The molecule has 2 aliphatic heterocycles. The third kappa shape index (κ3) is 2.94. The average molecular weight is 382 g/mol. The molecular weight excluding hydrogens is 358 g/mol. The first-order valence-electron chi connectivity index (χ1n) is 9.12. The summed E-state index contributed by atoms with van der Waals surface area (Å²) in [6, 6.07) is 0.166. The van der Waals surface area contributed by atoms with E-state index in [0.717, 1.165) is 6.54 Å². The van der Waals surface area contributed by atoms with Gasteiger partial charge in [-0.1, -0.05) is 0 Å². The van der Waals surface area contributed by atoms with Gasteiger partial charge in [0.15, 0.2) is 17.0 Å². The molecule has 0 aliphatic carbocycles. The van der Waals surface area contributed by atoms with Crippen LogP contribution in [0.5, 0.6) is 0 Å². The summed E-state index contributed by atoms with van der Waals surface area (Å²) in [5, 5.41) is 11.4. The predicted octanol–water partition coefficient (Wildman–Crippen LogP) is 1.72. The zero-order chi connectivity index (χ0) is 18.3. The van der Waals surface area contributed by atoms with Crippen LogP contribution in [0, 0.1) is 0 Å². The summed E-state index contributed by atoms with van der Waals surface area (Å²) in [5.41, 5.74) is 0.325. The van der Waals surface area contributed by atoms with Crippen LogP contribution in [0.15, 0.2) is 0 Å². The van der Waals surface area contributed by atoms with Gasteiger partial charge in [0.1, 0.15) is 11.4 Å². The number of hydrogen-bond donors (Lipinski definition) is 1. The third-order valence-electron chi connectivity index (χ3n) is 5.24. The van der Waals surface area contributed by atoms with E-state index in [4.69, 9.17) is 26.1 Å². The fourth-order valence-corrected chi connectivity index (χ4v) is 3.95. The van der Waals surface area contributed by atoms with Gasteiger partial charge in [-0.15, -0.1) is 0 Å². The number of imidazole rings is 1. The van der Waals surface area contributed by atoms with Gasteiger partial charge < -0.3 is 24.0 Å². The third-order valence-corrected chi connectivity index (χ3v) is 5.41. The molecule has 0 aromatic carbocycles. The van der Waals surface area contributed by atoms with Crippen molar-refractivity contribution in [2.75, 3.05) is 37.9 Å². The molecule has 0 radical (unpaired) electrons. The van der Waals surface area contributed by atoms with Crippen LogP contribution in [0.4, 0.5) is 5.82 Å². The van der Waals surface area contributed by atoms with Crippen molar-refractivity contribution in [1.29, 1.82) is 0 Å². The normalized spacial score (nSPS) is 23.5. The van der Waals surface area contributed by atoms with E-state index in [0.29, 0.717) is 68.6 Å². The van der Waals surface area contributed by atoms with Crippen molar-refractivity contribution in [3.8, 4) is 0 Å². The smallest absolute Gasteiger partial charge is 0.226 e. The Kier molecular flexibility index (Phi) is 4.77. The van der Waals surface area contributed by atoms with Crippen LogP contribution in [-0.2, 0) is 21.6 Å². The summed E-state index contributed by atoms with van der Waals surface area (Å²) in [6.07, 6.45) is 1.03. The van der Waals surface area contributed by atoms with Gasteiger partial charge in [-0.25, -0.2) is 4.98 Å². The van der Waals surface area contributed by atoms with E-state index in [1.54, 1.807) is 0 Å². The number of nitrogens with zero attached hydrogens (tertiary/aromatic N) is 5. The van der Waals surface area contributed by atoms with Gasteiger partial charge in [0.05, 0.1) is 19.3 Å². The standard InChI is InChI=1S/C17H24ClN5O3/c1-3-22-13-12(19-15(22)17(24)4-7-25-8-5-17)14(21-16(18)20-13)23-6-9-26-10-11(23)2/h11,24H,3-10H2,1-2H3/t11-/m0/s1. The molecule has 4 heterocycles. The van der Waals surface area contributed by atoms with Crippen molar-refractivity contribution in [2.45, 2.75) is 44.9 Å². The minimum Gasteiger partial charge on any atom is -0.382 e. The molecule has 2 saturated heterocycles. The Hall–Kier alpha value is -1.48. The van der Waals surface area contributed by atoms with E-state index in [1.807, 2.05) is 11.5 Å². The van der Waals surface area contributed by atoms with Gasteiger partial charge in [-0.3, -0.25) is 0 Å². The Balaban J connectivity index is 1.89. The molecule has 0 saturated carbocycles. The largest absolute Gasteiger partial charge is 0.382 e. The first kappa shape index (κ1) is 17.9. The minimum atomic E-state index is -1.02. The van der Waals surface area contributed by atoms with Crippen LogP contribution < -0.4 is 4.90 Å². The second-order valence-electron chi connectivity index (χ2n) is 6.93. The maximum absolute atomic E-state index is 11.2. The van der Waals surface area contributed by atoms with Crippen LogP contribution in [0.1, 0.15) is 32.5 Å². The zero-order valence-corrected chi connectivity index (χ0v) is 15.9. The van der Waals surface area contributed by atoms with E-state index in [2.05, 4.69) is 21.8 Å². The molecule has 26 heavy (non-hydrogen) atoms. The molecule has 0 amide bonds. The lowest BCUT2D eigenvalue weighted by molar-refractivity contribution is -0.0749. The van der Waals surface area contributed by atoms with Gasteiger partial charge in [-0.2, -0.15) is 9.97 Å². The zero-order valence-electron chi connectivity index (χ0n) is 15.1. The number of aromatic nitrogens is 4. The van der Waals surface area contributed by atoms with Crippen LogP contribution in [0.25, 0.3) is 11.2 Å². The topological polar surface area (TPSA) is 85.5 Å². The van der Waals surface area contributed by atoms with E-state index in [-0.39, 0.29) is 11.3 Å². The molecule has 9 heteroatoms. The fraction of sp³-hybridized carbons (Fsp3) is 0.706. The Labute approximate surface area is 157 Å². The molecule has 1 N–H and O–H groups in total. The Morgan fingerprint density at radius 3 is 2.65 bits per heavy atom. The van der Waals surface area contributed by atoms with Crippen LogP contribution >= 0.6 is 11.6 Å². The highest BCUT2D eigenvalue weighted by molar-refractivity contribution is 6.28. The van der Waals surface area contributed by atoms with Crippen LogP contribution in [-0.4, -0.2) is 63.6 Å². The summed E-state index contributed by atoms with van der Waals surface area (Å²) in [6.45, 7) is 7.76. The van der Waals surface area contributed by atoms with Crippen LogP contribution in [0.3, 0.4) is 0 Å². The number of halogens is 1. The number of aryl methyl sites for hydroxylation is 1. The monoisotopic (exact) mass is 381 g/mol. The van der Waals surface area contributed by atoms with E-state index in [9.17, 15) is 5.11 Å². The Morgan fingerprint density at radius 2 is 1.96 bits per heavy atom. The molecule has 2 aromatic heterocycles. The molecule has 2 aliphatic rings. The highest BCUT2D eigenvalue weighted by atomic mass is 35.5. The van der Waals surface area contributed by atoms with E-state index in [1.165, 1.54) is 0 Å². The van der Waals surface area contributed by atoms with Gasteiger partial charge in [0, 0.05) is 39.1 Å². The van der Waals surface area contributed by atoms with Gasteiger partial charge in [0.25, 0.3) is 0 Å². The van der Waals surface area contributed by atoms with Gasteiger partial charge in [-0.05, 0) is 25.4 Å². The molecule has 0 bridgehead atoms. The molecule has 4 rings (SSSR count). The summed E-state index contributed by atoms with van der Waals surface area (Å²) in [4.78, 5) is 15.9. The average Bonchev–Trinajstić information content (AvgIpc) is 3.01. The van der Waals surface area contributed by atoms with Crippen molar-refractivity contribution in [3.05, 3.63) is 11.1 Å². The SMILES string of the molecule is CCn1c(C2(O)CCOCC2)nc2c(N3CCOC[C@@H]3C)nc(Cl)nc21. The van der Waals surface area contributed by atoms with E-state index >= 15 is 0 Å². The Morgan fingerprint density at radius 1 is 1.19 bits per heavy atom. The summed E-state index contributed by atoms with van der Waals surface area (Å²) >= 11 is 6.25. The summed E-state index contributed by atoms with van der Waals surface area (Å²) < 4.78 is 12.9. The van der Waals surface area contributed by atoms with Crippen molar-refractivity contribution in [3.63, 3.8) is 0 Å². The van der Waals surface area contributed by atoms with E-state index < -0.39 is 5.60 Å². The first-order valence-corrected chi connectivity index (χ1v) is 9.50. The highest BCUT2D eigenvalue weighted by Gasteiger charge is 2.38. The molecule has 142 valence electrons. The molecular formula is C17H24ClN5O3.